The molecule has 0 unspecified atom stereocenters. The predicted octanol–water partition coefficient (Wildman–Crippen LogP) is 2.72. The number of carbonyl (C=O) groups excluding carboxylic acids is 1. The summed E-state index contributed by atoms with van der Waals surface area (Å²) in [6.07, 6.45) is 0.984. The third kappa shape index (κ3) is 4.72. The van der Waals surface area contributed by atoms with Gasteiger partial charge in [0.05, 0.1) is 11.8 Å². The minimum absolute atomic E-state index is 0.00785. The Morgan fingerprint density at radius 3 is 2.55 bits per heavy atom. The Morgan fingerprint density at radius 1 is 1.40 bits per heavy atom. The summed E-state index contributed by atoms with van der Waals surface area (Å²) in [6.45, 7) is 9.62. The second kappa shape index (κ2) is 7.55. The van der Waals surface area contributed by atoms with E-state index in [1.807, 2.05) is 0 Å². The Kier molecular flexibility index (Phi) is 6.36. The number of hydrogen-bond donors (Lipinski definition) is 1. The van der Waals surface area contributed by atoms with E-state index < -0.39 is 11.7 Å². The van der Waals surface area contributed by atoms with Crippen LogP contribution >= 0.6 is 11.6 Å². The smallest absolute Gasteiger partial charge is 0.254 e. The molecule has 0 saturated carbocycles. The van der Waals surface area contributed by atoms with Gasteiger partial charge in [0.15, 0.2) is 0 Å². The molecule has 0 fully saturated rings. The van der Waals surface area contributed by atoms with Crippen molar-refractivity contribution < 1.29 is 9.18 Å². The van der Waals surface area contributed by atoms with Gasteiger partial charge in [-0.15, -0.1) is 0 Å². The molecule has 20 heavy (non-hydrogen) atoms. The van der Waals surface area contributed by atoms with E-state index in [4.69, 9.17) is 11.6 Å². The predicted molar refractivity (Wildman–Crippen MR) is 78.5 cm³/mol. The van der Waals surface area contributed by atoms with Crippen molar-refractivity contribution in [3.63, 3.8) is 0 Å². The summed E-state index contributed by atoms with van der Waals surface area (Å²) in [5.74, 6) is -0.986. The molecule has 4 nitrogen and oxygen atoms in total. The van der Waals surface area contributed by atoms with Crippen LogP contribution in [0.15, 0.2) is 12.3 Å². The average Bonchev–Trinajstić information content (AvgIpc) is 2.36. The van der Waals surface area contributed by atoms with Crippen molar-refractivity contribution in [3.05, 3.63) is 28.8 Å². The van der Waals surface area contributed by atoms with Gasteiger partial charge in [-0.1, -0.05) is 11.6 Å². The molecule has 0 spiro atoms. The van der Waals surface area contributed by atoms with Crippen LogP contribution in [-0.4, -0.2) is 41.0 Å². The van der Waals surface area contributed by atoms with Crippen molar-refractivity contribution in [2.24, 2.45) is 0 Å². The van der Waals surface area contributed by atoms with Crippen LogP contribution in [0.1, 0.15) is 38.1 Å². The maximum Gasteiger partial charge on any atom is 0.254 e. The number of amides is 1. The van der Waals surface area contributed by atoms with Crippen molar-refractivity contribution in [2.45, 2.75) is 39.8 Å². The third-order valence-electron chi connectivity index (χ3n) is 3.03. The quantitative estimate of drug-likeness (QED) is 0.822. The number of aromatic nitrogens is 1. The van der Waals surface area contributed by atoms with Crippen LogP contribution < -0.4 is 5.32 Å². The average molecular weight is 302 g/mol. The number of rotatable bonds is 6. The van der Waals surface area contributed by atoms with Gasteiger partial charge < -0.3 is 5.32 Å². The van der Waals surface area contributed by atoms with E-state index in [1.54, 1.807) is 0 Å². The van der Waals surface area contributed by atoms with Crippen molar-refractivity contribution in [2.75, 3.05) is 13.1 Å². The summed E-state index contributed by atoms with van der Waals surface area (Å²) < 4.78 is 13.1. The van der Waals surface area contributed by atoms with Crippen molar-refractivity contribution in [1.82, 2.24) is 15.2 Å². The van der Waals surface area contributed by atoms with Gasteiger partial charge in [-0.2, -0.15) is 0 Å². The van der Waals surface area contributed by atoms with E-state index >= 15 is 0 Å². The highest BCUT2D eigenvalue weighted by Gasteiger charge is 2.15. The summed E-state index contributed by atoms with van der Waals surface area (Å²) in [4.78, 5) is 17.8. The molecule has 1 aromatic heterocycles. The third-order valence-corrected chi connectivity index (χ3v) is 3.33. The number of nitrogens with one attached hydrogen (secondary N) is 1. The molecule has 0 aliphatic carbocycles. The van der Waals surface area contributed by atoms with Crippen LogP contribution in [0, 0.1) is 5.82 Å². The molecular weight excluding hydrogens is 281 g/mol. The fourth-order valence-electron chi connectivity index (χ4n) is 2.09. The molecule has 1 amide bonds. The van der Waals surface area contributed by atoms with Crippen molar-refractivity contribution >= 4 is 17.5 Å². The van der Waals surface area contributed by atoms with Gasteiger partial charge >= 0.3 is 0 Å². The van der Waals surface area contributed by atoms with Crippen molar-refractivity contribution in [3.8, 4) is 0 Å². The second-order valence-electron chi connectivity index (χ2n) is 5.17. The van der Waals surface area contributed by atoms with Gasteiger partial charge in [-0.3, -0.25) is 9.69 Å². The SMILES string of the molecule is CC(C)N(CCNC(=O)c1cc(F)cnc1Cl)C(C)C. The van der Waals surface area contributed by atoms with Crippen LogP contribution in [0.4, 0.5) is 4.39 Å². The molecular formula is C14H21ClFN3O. The van der Waals surface area contributed by atoms with E-state index in [1.165, 1.54) is 0 Å². The highest BCUT2D eigenvalue weighted by molar-refractivity contribution is 6.32. The van der Waals surface area contributed by atoms with Gasteiger partial charge in [-0.25, -0.2) is 9.37 Å². The van der Waals surface area contributed by atoms with Gasteiger partial charge in [0, 0.05) is 25.2 Å². The lowest BCUT2D eigenvalue weighted by Gasteiger charge is -2.30. The highest BCUT2D eigenvalue weighted by Crippen LogP contribution is 2.13. The standard InChI is InChI=1S/C14H21ClFN3O/c1-9(2)19(10(3)4)6-5-17-14(20)12-7-11(16)8-18-13(12)15/h7-10H,5-6H2,1-4H3,(H,17,20). The first-order valence-corrected chi connectivity index (χ1v) is 7.05. The largest absolute Gasteiger partial charge is 0.351 e. The minimum Gasteiger partial charge on any atom is -0.351 e. The van der Waals surface area contributed by atoms with E-state index in [0.717, 1.165) is 18.8 Å². The lowest BCUT2D eigenvalue weighted by molar-refractivity contribution is 0.0938. The number of carbonyl (C=O) groups is 1. The molecule has 0 atom stereocenters. The lowest BCUT2D eigenvalue weighted by Crippen LogP contribution is -2.42. The molecule has 0 radical (unpaired) electrons. The lowest BCUT2D eigenvalue weighted by atomic mass is 10.2. The highest BCUT2D eigenvalue weighted by atomic mass is 35.5. The molecule has 6 heteroatoms. The number of pyridine rings is 1. The van der Waals surface area contributed by atoms with Gasteiger partial charge in [0.2, 0.25) is 0 Å². The van der Waals surface area contributed by atoms with E-state index in [9.17, 15) is 9.18 Å². The maximum absolute atomic E-state index is 13.1. The van der Waals surface area contributed by atoms with Gasteiger partial charge in [0.25, 0.3) is 5.91 Å². The zero-order chi connectivity index (χ0) is 15.3. The summed E-state index contributed by atoms with van der Waals surface area (Å²) >= 11 is 5.78. The van der Waals surface area contributed by atoms with E-state index in [2.05, 4.69) is 42.9 Å². The molecule has 1 heterocycles. The number of halogens is 2. The zero-order valence-corrected chi connectivity index (χ0v) is 13.0. The first kappa shape index (κ1) is 16.9. The first-order valence-electron chi connectivity index (χ1n) is 6.68. The Bertz CT molecular complexity index is 458. The minimum atomic E-state index is -0.578. The molecule has 0 aromatic carbocycles. The Morgan fingerprint density at radius 2 is 2.00 bits per heavy atom. The number of hydrogen-bond acceptors (Lipinski definition) is 3. The Hall–Kier alpha value is -1.20. The summed E-state index contributed by atoms with van der Waals surface area (Å²) in [6, 6.07) is 1.88. The van der Waals surface area contributed by atoms with Crippen LogP contribution in [0.3, 0.4) is 0 Å². The van der Waals surface area contributed by atoms with Crippen LogP contribution in [0.5, 0.6) is 0 Å². The molecule has 1 N–H and O–H groups in total. The van der Waals surface area contributed by atoms with Gasteiger partial charge in [-0.05, 0) is 33.8 Å². The fraction of sp³-hybridized carbons (Fsp3) is 0.571. The summed E-state index contributed by atoms with van der Waals surface area (Å²) in [5.41, 5.74) is 0.0623. The Labute approximate surface area is 124 Å². The molecule has 1 aromatic rings. The monoisotopic (exact) mass is 301 g/mol. The number of nitrogens with zero attached hydrogens (tertiary/aromatic N) is 2. The fourth-order valence-corrected chi connectivity index (χ4v) is 2.28. The summed E-state index contributed by atoms with van der Waals surface area (Å²) in [5, 5.41) is 2.74. The van der Waals surface area contributed by atoms with Crippen LogP contribution in [-0.2, 0) is 0 Å². The molecule has 0 saturated heterocycles. The Balaban J connectivity index is 2.57. The zero-order valence-electron chi connectivity index (χ0n) is 12.3. The van der Waals surface area contributed by atoms with Crippen LogP contribution in [0.2, 0.25) is 5.15 Å². The maximum atomic E-state index is 13.1. The molecule has 0 bridgehead atoms. The van der Waals surface area contributed by atoms with E-state index in [-0.39, 0.29) is 10.7 Å². The van der Waals surface area contributed by atoms with Crippen molar-refractivity contribution in [1.29, 1.82) is 0 Å². The normalized spacial score (nSPS) is 11.4. The molecule has 112 valence electrons. The molecule has 0 aliphatic rings. The second-order valence-corrected chi connectivity index (χ2v) is 5.53. The van der Waals surface area contributed by atoms with E-state index in [0.29, 0.717) is 18.6 Å². The summed E-state index contributed by atoms with van der Waals surface area (Å²) in [7, 11) is 0. The molecule has 1 rings (SSSR count). The molecule has 0 aliphatic heterocycles. The van der Waals surface area contributed by atoms with Gasteiger partial charge in [0.1, 0.15) is 11.0 Å². The van der Waals surface area contributed by atoms with Crippen LogP contribution in [0.25, 0.3) is 0 Å². The topological polar surface area (TPSA) is 45.2 Å². The first-order chi connectivity index (χ1) is 9.32.